The van der Waals surface area contributed by atoms with Crippen molar-refractivity contribution in [1.82, 2.24) is 4.57 Å². The molecule has 2 aliphatic heterocycles. The molecule has 1 fully saturated rings. The fraction of sp³-hybridized carbons (Fsp3) is 0.316. The number of hydrogen-bond acceptors (Lipinski definition) is 11. The SMILES string of the molecule is CCOC(=O)c1ccc(NC(=O)Cn2c3c(sc2=O)[C@H](c2ccc(N(CC)CC)cc2)C2C(=O)N(c4ccc(C(=O)OCC)cc4)C(=O)C2S3)cc1. The highest BCUT2D eigenvalue weighted by atomic mass is 32.2. The summed E-state index contributed by atoms with van der Waals surface area (Å²) in [5.41, 5.74) is 3.16. The Kier molecular flexibility index (Phi) is 11.0. The molecule has 0 spiro atoms. The third-order valence-corrected chi connectivity index (χ3v) is 11.7. The molecule has 0 bridgehead atoms. The van der Waals surface area contributed by atoms with Crippen molar-refractivity contribution in [1.29, 1.82) is 0 Å². The van der Waals surface area contributed by atoms with Crippen molar-refractivity contribution in [3.63, 3.8) is 0 Å². The van der Waals surface area contributed by atoms with Gasteiger partial charge in [0.05, 0.1) is 41.0 Å². The molecule has 2 unspecified atom stereocenters. The largest absolute Gasteiger partial charge is 0.462 e. The molecule has 0 saturated carbocycles. The average Bonchev–Trinajstić information content (AvgIpc) is 3.59. The molecule has 4 aromatic rings. The fourth-order valence-corrected chi connectivity index (χ4v) is 9.33. The number of thiazole rings is 1. The maximum absolute atomic E-state index is 14.3. The van der Waals surface area contributed by atoms with Gasteiger partial charge in [-0.1, -0.05) is 35.2 Å². The number of aromatic nitrogens is 1. The van der Waals surface area contributed by atoms with Crippen molar-refractivity contribution >= 4 is 69.8 Å². The van der Waals surface area contributed by atoms with E-state index in [-0.39, 0.29) is 24.6 Å². The molecule has 6 rings (SSSR count). The Balaban J connectivity index is 1.34. The van der Waals surface area contributed by atoms with Gasteiger partial charge in [-0.05, 0) is 93.9 Å². The summed E-state index contributed by atoms with van der Waals surface area (Å²) in [5, 5.41) is 2.35. The molecule has 270 valence electrons. The second-order valence-electron chi connectivity index (χ2n) is 12.1. The number of nitrogens with one attached hydrogen (secondary N) is 1. The van der Waals surface area contributed by atoms with Crippen LogP contribution >= 0.6 is 23.1 Å². The van der Waals surface area contributed by atoms with Crippen molar-refractivity contribution in [2.75, 3.05) is 41.4 Å². The van der Waals surface area contributed by atoms with Gasteiger partial charge in [0.2, 0.25) is 17.7 Å². The third-order valence-electron chi connectivity index (χ3n) is 9.05. The highest BCUT2D eigenvalue weighted by Crippen LogP contribution is 2.54. The molecule has 52 heavy (non-hydrogen) atoms. The van der Waals surface area contributed by atoms with Gasteiger partial charge in [0.25, 0.3) is 0 Å². The van der Waals surface area contributed by atoms with Crippen molar-refractivity contribution in [3.8, 4) is 0 Å². The van der Waals surface area contributed by atoms with Gasteiger partial charge in [-0.15, -0.1) is 0 Å². The van der Waals surface area contributed by atoms with Crippen LogP contribution in [0.3, 0.4) is 0 Å². The number of ether oxygens (including phenoxy) is 2. The molecule has 3 atom stereocenters. The summed E-state index contributed by atoms with van der Waals surface area (Å²) in [7, 11) is 0. The van der Waals surface area contributed by atoms with E-state index < -0.39 is 46.7 Å². The van der Waals surface area contributed by atoms with Crippen LogP contribution in [0.15, 0.2) is 82.6 Å². The Hall–Kier alpha value is -5.21. The molecular weight excluding hydrogens is 705 g/mol. The Labute approximate surface area is 308 Å². The molecule has 2 aliphatic rings. The monoisotopic (exact) mass is 742 g/mol. The lowest BCUT2D eigenvalue weighted by atomic mass is 9.83. The predicted molar refractivity (Wildman–Crippen MR) is 199 cm³/mol. The van der Waals surface area contributed by atoms with Gasteiger partial charge in [-0.2, -0.15) is 0 Å². The topological polar surface area (TPSA) is 144 Å². The normalized spacial score (nSPS) is 17.7. The van der Waals surface area contributed by atoms with E-state index in [1.165, 1.54) is 28.8 Å². The van der Waals surface area contributed by atoms with Crippen LogP contribution in [0.4, 0.5) is 17.1 Å². The van der Waals surface area contributed by atoms with Gasteiger partial charge in [0.1, 0.15) is 11.8 Å². The summed E-state index contributed by atoms with van der Waals surface area (Å²) in [5.74, 6) is -3.78. The lowest BCUT2D eigenvalue weighted by Gasteiger charge is -2.31. The van der Waals surface area contributed by atoms with Crippen LogP contribution in [0.25, 0.3) is 0 Å². The van der Waals surface area contributed by atoms with E-state index in [4.69, 9.17) is 9.47 Å². The quantitative estimate of drug-likeness (QED) is 0.145. The number of thioether (sulfide) groups is 1. The Morgan fingerprint density at radius 1 is 0.769 bits per heavy atom. The van der Waals surface area contributed by atoms with E-state index in [1.807, 2.05) is 24.3 Å². The number of nitrogens with zero attached hydrogens (tertiary/aromatic N) is 3. The summed E-state index contributed by atoms with van der Waals surface area (Å²) < 4.78 is 11.5. The number of imide groups is 1. The molecule has 3 aromatic carbocycles. The smallest absolute Gasteiger partial charge is 0.338 e. The average molecular weight is 743 g/mol. The second kappa shape index (κ2) is 15.6. The minimum Gasteiger partial charge on any atom is -0.462 e. The van der Waals surface area contributed by atoms with Gasteiger partial charge in [-0.25, -0.2) is 14.5 Å². The van der Waals surface area contributed by atoms with Gasteiger partial charge < -0.3 is 19.7 Å². The van der Waals surface area contributed by atoms with Crippen LogP contribution in [-0.2, 0) is 30.4 Å². The highest BCUT2D eigenvalue weighted by molar-refractivity contribution is 8.00. The molecule has 3 amide bonds. The van der Waals surface area contributed by atoms with Gasteiger partial charge >= 0.3 is 16.8 Å². The van der Waals surface area contributed by atoms with Crippen LogP contribution in [0, 0.1) is 5.92 Å². The van der Waals surface area contributed by atoms with E-state index in [2.05, 4.69) is 24.1 Å². The lowest BCUT2D eigenvalue weighted by Crippen LogP contribution is -2.33. The molecule has 1 N–H and O–H groups in total. The van der Waals surface area contributed by atoms with Gasteiger partial charge in [0.15, 0.2) is 0 Å². The van der Waals surface area contributed by atoms with E-state index in [1.54, 1.807) is 38.1 Å². The van der Waals surface area contributed by atoms with Crippen molar-refractivity contribution in [2.45, 2.75) is 50.4 Å². The molecule has 0 aliphatic carbocycles. The first-order valence-corrected chi connectivity index (χ1v) is 18.8. The maximum Gasteiger partial charge on any atom is 0.338 e. The Morgan fingerprint density at radius 3 is 1.90 bits per heavy atom. The van der Waals surface area contributed by atoms with Crippen molar-refractivity contribution < 1.29 is 33.4 Å². The summed E-state index contributed by atoms with van der Waals surface area (Å²) >= 11 is 2.09. The summed E-state index contributed by atoms with van der Waals surface area (Å²) in [6.07, 6.45) is 0. The number of carbonyl (C=O) groups excluding carboxylic acids is 5. The molecule has 1 aromatic heterocycles. The van der Waals surface area contributed by atoms with E-state index in [0.29, 0.717) is 32.4 Å². The first kappa shape index (κ1) is 36.6. The molecule has 12 nitrogen and oxygen atoms in total. The minimum absolute atomic E-state index is 0.211. The summed E-state index contributed by atoms with van der Waals surface area (Å²) in [6.45, 7) is 9.29. The Bertz CT molecular complexity index is 2050. The number of fused-ring (bicyclic) bond motifs is 2. The Morgan fingerprint density at radius 2 is 1.35 bits per heavy atom. The zero-order valence-electron chi connectivity index (χ0n) is 29.1. The number of amides is 3. The van der Waals surface area contributed by atoms with Crippen LogP contribution in [-0.4, -0.2) is 65.8 Å². The highest BCUT2D eigenvalue weighted by Gasteiger charge is 2.56. The number of hydrogen-bond donors (Lipinski definition) is 1. The number of rotatable bonds is 12. The number of esters is 2. The molecule has 14 heteroatoms. The van der Waals surface area contributed by atoms with E-state index >= 15 is 0 Å². The number of carbonyl (C=O) groups is 5. The standard InChI is InChI=1S/C38H38N4O8S2/c1-5-40(6-2)26-17-11-22(12-18-26)29-30-31(34(45)42(33(30)44)27-19-13-24(14-20-27)37(47)50-8-4)51-35-32(29)52-38(48)41(35)21-28(43)39-25-15-9-23(10-16-25)36(46)49-7-3/h9-20,29-31H,5-8,21H2,1-4H3,(H,39,43)/t29-,30?,31?/m1/s1. The lowest BCUT2D eigenvalue weighted by molar-refractivity contribution is -0.122. The van der Waals surface area contributed by atoms with E-state index in [0.717, 1.165) is 52.3 Å². The van der Waals surface area contributed by atoms with Crippen LogP contribution < -0.4 is 20.0 Å². The molecule has 1 saturated heterocycles. The maximum atomic E-state index is 14.3. The van der Waals surface area contributed by atoms with Gasteiger partial charge in [-0.3, -0.25) is 23.7 Å². The molecule has 3 heterocycles. The summed E-state index contributed by atoms with van der Waals surface area (Å²) in [6, 6.07) is 20.2. The van der Waals surface area contributed by atoms with Crippen molar-refractivity contribution in [3.05, 3.63) is 104 Å². The second-order valence-corrected chi connectivity index (χ2v) is 14.2. The summed E-state index contributed by atoms with van der Waals surface area (Å²) in [4.78, 5) is 83.3. The van der Waals surface area contributed by atoms with Crippen LogP contribution in [0.1, 0.15) is 64.8 Å². The zero-order valence-corrected chi connectivity index (χ0v) is 30.8. The molecule has 0 radical (unpaired) electrons. The third kappa shape index (κ3) is 7.00. The molecular formula is C38H38N4O8S2. The van der Waals surface area contributed by atoms with Gasteiger partial charge in [0, 0.05) is 35.3 Å². The van der Waals surface area contributed by atoms with Crippen LogP contribution in [0.2, 0.25) is 0 Å². The van der Waals surface area contributed by atoms with Crippen molar-refractivity contribution in [2.24, 2.45) is 5.92 Å². The fourth-order valence-electron chi connectivity index (χ4n) is 6.56. The predicted octanol–water partition coefficient (Wildman–Crippen LogP) is 5.54. The minimum atomic E-state index is -0.879. The first-order valence-electron chi connectivity index (χ1n) is 17.1. The number of anilines is 3. The van der Waals surface area contributed by atoms with Crippen LogP contribution in [0.5, 0.6) is 0 Å². The zero-order chi connectivity index (χ0) is 37.1. The van der Waals surface area contributed by atoms with E-state index in [9.17, 15) is 28.8 Å². The number of benzene rings is 3. The first-order chi connectivity index (χ1) is 25.1.